The van der Waals surface area contributed by atoms with Crippen molar-refractivity contribution >= 4 is 19.8 Å². The highest BCUT2D eigenvalue weighted by Crippen LogP contribution is 2.38. The van der Waals surface area contributed by atoms with Crippen molar-refractivity contribution in [2.75, 3.05) is 47.5 Å². The number of phosphoric acid groups is 1. The Morgan fingerprint density at radius 3 is 1.39 bits per heavy atom. The van der Waals surface area contributed by atoms with Crippen LogP contribution < -0.4 is 4.89 Å². The van der Waals surface area contributed by atoms with Gasteiger partial charge in [0.1, 0.15) is 19.8 Å². The van der Waals surface area contributed by atoms with Crippen LogP contribution in [0.2, 0.25) is 0 Å². The fraction of sp³-hybridized carbons (Fsp3) is 0.667. The van der Waals surface area contributed by atoms with Gasteiger partial charge in [-0.2, -0.15) is 0 Å². The summed E-state index contributed by atoms with van der Waals surface area (Å²) in [4.78, 5) is 37.7. The van der Waals surface area contributed by atoms with E-state index in [1.807, 2.05) is 33.3 Å². The van der Waals surface area contributed by atoms with Gasteiger partial charge in [0, 0.05) is 12.8 Å². The lowest BCUT2D eigenvalue weighted by molar-refractivity contribution is -0.870. The molecule has 0 heterocycles. The number of likely N-dealkylation sites (N-methyl/N-ethyl adjacent to an activating group) is 1. The third-order valence-corrected chi connectivity index (χ3v) is 11.1. The third kappa shape index (κ3) is 48.4. The van der Waals surface area contributed by atoms with Crippen molar-refractivity contribution in [1.82, 2.24) is 0 Å². The van der Waals surface area contributed by atoms with E-state index in [0.717, 1.165) is 70.6 Å². The summed E-state index contributed by atoms with van der Waals surface area (Å²) in [5.74, 6) is -0.943. The number of hydrogen-bond donors (Lipinski definition) is 0. The van der Waals surface area contributed by atoms with E-state index < -0.39 is 32.5 Å². The fourth-order valence-electron chi connectivity index (χ4n) is 6.24. The SMILES string of the molecule is CC/C=C\C/C=C\C/C=C\C/C=C\C/C=C\C/C=C\CCC(=O)OC(COC(=O)CCCCCCCCCCC/C=C\C/C=C\CCCCCCC)COP(=O)([O-])OCC[N+](C)(C)C. The van der Waals surface area contributed by atoms with Crippen molar-refractivity contribution in [3.63, 3.8) is 0 Å². The minimum Gasteiger partial charge on any atom is -0.756 e. The Morgan fingerprint density at radius 1 is 0.500 bits per heavy atom. The first kappa shape index (κ1) is 60.9. The van der Waals surface area contributed by atoms with Crippen molar-refractivity contribution < 1.29 is 42.1 Å². The number of carbonyl (C=O) groups excluding carboxylic acids is 2. The molecule has 0 bridgehead atoms. The van der Waals surface area contributed by atoms with Crippen LogP contribution in [-0.4, -0.2) is 70.0 Å². The average molecular weight is 914 g/mol. The second-order valence-corrected chi connectivity index (χ2v) is 18.9. The topological polar surface area (TPSA) is 111 Å². The zero-order chi connectivity index (χ0) is 47.1. The number of phosphoric ester groups is 1. The van der Waals surface area contributed by atoms with E-state index in [0.29, 0.717) is 23.9 Å². The first-order valence-corrected chi connectivity index (χ1v) is 26.4. The minimum absolute atomic E-state index is 0.0503. The van der Waals surface area contributed by atoms with Crippen molar-refractivity contribution in [1.29, 1.82) is 0 Å². The summed E-state index contributed by atoms with van der Waals surface area (Å²) < 4.78 is 33.9. The molecule has 10 heteroatoms. The zero-order valence-electron chi connectivity index (χ0n) is 41.2. The number of nitrogens with zero attached hydrogens (tertiary/aromatic N) is 1. The summed E-state index contributed by atoms with van der Waals surface area (Å²) in [5.41, 5.74) is 0. The molecule has 0 radical (unpaired) electrons. The van der Waals surface area contributed by atoms with Crippen LogP contribution in [0, 0.1) is 0 Å². The highest BCUT2D eigenvalue weighted by atomic mass is 31.2. The van der Waals surface area contributed by atoms with Crippen LogP contribution in [0.1, 0.15) is 181 Å². The maximum absolute atomic E-state index is 12.7. The number of rotatable bonds is 44. The van der Waals surface area contributed by atoms with Gasteiger partial charge in [0.05, 0.1) is 27.7 Å². The van der Waals surface area contributed by atoms with Gasteiger partial charge in [0.15, 0.2) is 6.10 Å². The molecule has 2 atom stereocenters. The summed E-state index contributed by atoms with van der Waals surface area (Å²) in [5, 5.41) is 0. The molecule has 0 aliphatic rings. The largest absolute Gasteiger partial charge is 0.756 e. The molecule has 0 aromatic carbocycles. The average Bonchev–Trinajstić information content (AvgIpc) is 3.25. The predicted molar refractivity (Wildman–Crippen MR) is 268 cm³/mol. The second kappa shape index (κ2) is 45.1. The Morgan fingerprint density at radius 2 is 0.922 bits per heavy atom. The normalized spacial score (nSPS) is 14.3. The smallest absolute Gasteiger partial charge is 0.306 e. The van der Waals surface area contributed by atoms with E-state index in [1.54, 1.807) is 0 Å². The molecular weight excluding hydrogens is 822 g/mol. The Kier molecular flexibility index (Phi) is 42.9. The Bertz CT molecular complexity index is 1400. The molecule has 0 N–H and O–H groups in total. The number of quaternary nitrogens is 1. The molecule has 0 aromatic rings. The number of esters is 2. The molecule has 9 nitrogen and oxygen atoms in total. The fourth-order valence-corrected chi connectivity index (χ4v) is 6.97. The quantitative estimate of drug-likeness (QED) is 0.0195. The number of ether oxygens (including phenoxy) is 2. The first-order valence-electron chi connectivity index (χ1n) is 24.9. The second-order valence-electron chi connectivity index (χ2n) is 17.4. The van der Waals surface area contributed by atoms with Gasteiger partial charge in [-0.05, 0) is 83.5 Å². The minimum atomic E-state index is -4.66. The van der Waals surface area contributed by atoms with Gasteiger partial charge in [0.2, 0.25) is 0 Å². The first-order chi connectivity index (χ1) is 31.0. The Labute approximate surface area is 392 Å². The lowest BCUT2D eigenvalue weighted by Gasteiger charge is -2.28. The van der Waals surface area contributed by atoms with Crippen molar-refractivity contribution in [3.8, 4) is 0 Å². The van der Waals surface area contributed by atoms with Crippen LogP contribution in [-0.2, 0) is 32.7 Å². The van der Waals surface area contributed by atoms with E-state index in [9.17, 15) is 19.0 Å². The highest BCUT2D eigenvalue weighted by molar-refractivity contribution is 7.45. The summed E-state index contributed by atoms with van der Waals surface area (Å²) in [6, 6.07) is 0. The maximum Gasteiger partial charge on any atom is 0.306 e. The van der Waals surface area contributed by atoms with E-state index in [4.69, 9.17) is 18.5 Å². The molecule has 0 saturated carbocycles. The number of allylic oxidation sites excluding steroid dienone is 16. The van der Waals surface area contributed by atoms with Crippen LogP contribution >= 0.6 is 7.82 Å². The molecule has 0 saturated heterocycles. The molecule has 0 fully saturated rings. The lowest BCUT2D eigenvalue weighted by atomic mass is 10.1. The van der Waals surface area contributed by atoms with Gasteiger partial charge in [-0.15, -0.1) is 0 Å². The van der Waals surface area contributed by atoms with Crippen molar-refractivity contribution in [3.05, 3.63) is 97.2 Å². The van der Waals surface area contributed by atoms with Gasteiger partial charge in [-0.25, -0.2) is 0 Å². The van der Waals surface area contributed by atoms with Crippen molar-refractivity contribution in [2.45, 2.75) is 187 Å². The molecule has 366 valence electrons. The number of carbonyl (C=O) groups is 2. The third-order valence-electron chi connectivity index (χ3n) is 10.1. The number of unbranched alkanes of at least 4 members (excludes halogenated alkanes) is 14. The maximum atomic E-state index is 12.7. The molecule has 0 aromatic heterocycles. The van der Waals surface area contributed by atoms with E-state index in [1.165, 1.54) is 70.6 Å². The van der Waals surface area contributed by atoms with Crippen LogP contribution in [0.4, 0.5) is 0 Å². The molecule has 0 spiro atoms. The monoisotopic (exact) mass is 914 g/mol. The zero-order valence-corrected chi connectivity index (χ0v) is 42.1. The molecule has 0 amide bonds. The van der Waals surface area contributed by atoms with Gasteiger partial charge in [-0.1, -0.05) is 182 Å². The van der Waals surface area contributed by atoms with Crippen molar-refractivity contribution in [2.24, 2.45) is 0 Å². The standard InChI is InChI=1S/C54H92NO8P/c1-6-8-10-12-14-16-18-20-22-24-26-27-29-30-32-34-36-38-40-42-44-46-53(56)60-50-52(51-62-64(58,59)61-49-48-55(3,4)5)63-54(57)47-45-43-41-39-37-35-33-31-28-25-23-21-19-17-15-13-11-9-7-2/h9,11,15,17-18,20-21,23-24,26,28,31,35,37,41,43,52H,6-8,10,12-14,16,19,22,25,27,29-30,32-34,36,38-40,42,44-51H2,1-5H3/b11-9-,17-15-,20-18-,23-21-,26-24-,31-28-,37-35-,43-41-. The molecule has 0 rings (SSSR count). The molecule has 0 aliphatic carbocycles. The van der Waals surface area contributed by atoms with Crippen LogP contribution in [0.15, 0.2) is 97.2 Å². The predicted octanol–water partition coefficient (Wildman–Crippen LogP) is 14.3. The highest BCUT2D eigenvalue weighted by Gasteiger charge is 2.21. The molecule has 64 heavy (non-hydrogen) atoms. The summed E-state index contributed by atoms with van der Waals surface area (Å²) >= 11 is 0. The molecule has 0 aliphatic heterocycles. The van der Waals surface area contributed by atoms with E-state index >= 15 is 0 Å². The Hall–Kier alpha value is -3.07. The van der Waals surface area contributed by atoms with Crippen LogP contribution in [0.25, 0.3) is 0 Å². The van der Waals surface area contributed by atoms with Gasteiger partial charge in [0.25, 0.3) is 7.82 Å². The molecular formula is C54H92NO8P. The van der Waals surface area contributed by atoms with E-state index in [2.05, 4.69) is 98.9 Å². The summed E-state index contributed by atoms with van der Waals surface area (Å²) in [7, 11) is 1.10. The van der Waals surface area contributed by atoms with Gasteiger partial charge >= 0.3 is 11.9 Å². The van der Waals surface area contributed by atoms with Gasteiger partial charge < -0.3 is 27.9 Å². The van der Waals surface area contributed by atoms with Crippen LogP contribution in [0.5, 0.6) is 0 Å². The Balaban J connectivity index is 4.40. The van der Waals surface area contributed by atoms with Crippen LogP contribution in [0.3, 0.4) is 0 Å². The van der Waals surface area contributed by atoms with Gasteiger partial charge in [-0.3, -0.25) is 14.2 Å². The lowest BCUT2D eigenvalue weighted by Crippen LogP contribution is -2.37. The summed E-state index contributed by atoms with van der Waals surface area (Å²) in [6.07, 6.45) is 60.2. The summed E-state index contributed by atoms with van der Waals surface area (Å²) in [6.45, 7) is 4.00. The van der Waals surface area contributed by atoms with E-state index in [-0.39, 0.29) is 26.1 Å². The number of hydrogen-bond acceptors (Lipinski definition) is 8. The molecule has 2 unspecified atom stereocenters.